The van der Waals surface area contributed by atoms with Crippen molar-refractivity contribution >= 4 is 28.2 Å². The van der Waals surface area contributed by atoms with Crippen molar-refractivity contribution in [1.29, 1.82) is 0 Å². The summed E-state index contributed by atoms with van der Waals surface area (Å²) in [6, 6.07) is 0. The lowest BCUT2D eigenvalue weighted by Gasteiger charge is -2.15. The Kier molecular flexibility index (Phi) is 5.91. The Bertz CT molecular complexity index is 391. The second-order valence-electron chi connectivity index (χ2n) is 4.24. The molecule has 0 radical (unpaired) electrons. The number of hydrogen-bond donors (Lipinski definition) is 2. The van der Waals surface area contributed by atoms with Gasteiger partial charge in [-0.05, 0) is 12.8 Å². The molecule has 0 atom stereocenters. The summed E-state index contributed by atoms with van der Waals surface area (Å²) in [5.74, 6) is 0.287. The van der Waals surface area contributed by atoms with E-state index in [0.717, 1.165) is 37.5 Å². The number of carbonyl (C=O) groups is 1. The predicted octanol–water partition coefficient (Wildman–Crippen LogP) is 2.42. The third kappa shape index (κ3) is 3.87. The fourth-order valence-electron chi connectivity index (χ4n) is 1.46. The smallest absolute Gasteiger partial charge is 0.267 e. The molecule has 0 aliphatic carbocycles. The maximum absolute atomic E-state index is 12.1. The summed E-state index contributed by atoms with van der Waals surface area (Å²) in [5.41, 5.74) is 5.79. The van der Waals surface area contributed by atoms with E-state index in [-0.39, 0.29) is 5.91 Å². The Morgan fingerprint density at radius 2 is 2.17 bits per heavy atom. The topological polar surface area (TPSA) is 71.2 Å². The highest BCUT2D eigenvalue weighted by Gasteiger charge is 2.19. The first-order chi connectivity index (χ1) is 8.60. The van der Waals surface area contributed by atoms with Crippen molar-refractivity contribution in [2.45, 2.75) is 33.1 Å². The van der Waals surface area contributed by atoms with Gasteiger partial charge in [-0.1, -0.05) is 31.6 Å². The lowest BCUT2D eigenvalue weighted by atomic mass is 10.3. The van der Waals surface area contributed by atoms with Gasteiger partial charge in [0.1, 0.15) is 10.7 Å². The van der Waals surface area contributed by atoms with Crippen LogP contribution < -0.4 is 11.1 Å². The number of aromatic nitrogens is 1. The largest absolute Gasteiger partial charge is 0.382 e. The number of nitrogens with two attached hydrogens (primary N) is 1. The molecule has 5 nitrogen and oxygen atoms in total. The summed E-state index contributed by atoms with van der Waals surface area (Å²) in [6.07, 6.45) is 3.08. The number of unbranched alkanes of at least 4 members (excludes halogenated alkanes) is 1. The van der Waals surface area contributed by atoms with Crippen LogP contribution in [0.4, 0.5) is 10.9 Å². The minimum absolute atomic E-state index is 0.0389. The molecular formula is C12H22N4OS. The third-order valence-corrected chi connectivity index (χ3v) is 3.58. The molecule has 1 aromatic heterocycles. The average Bonchev–Trinajstić information content (AvgIpc) is 2.73. The van der Waals surface area contributed by atoms with Crippen LogP contribution in [0.2, 0.25) is 0 Å². The molecule has 0 fully saturated rings. The number of nitrogen functional groups attached to an aromatic ring is 1. The van der Waals surface area contributed by atoms with Crippen LogP contribution in [0.15, 0.2) is 0 Å². The quantitative estimate of drug-likeness (QED) is 0.798. The minimum atomic E-state index is -0.0389. The average molecular weight is 270 g/mol. The van der Waals surface area contributed by atoms with Gasteiger partial charge >= 0.3 is 0 Å². The summed E-state index contributed by atoms with van der Waals surface area (Å²) < 4.78 is 0. The molecule has 0 spiro atoms. The van der Waals surface area contributed by atoms with Crippen LogP contribution in [0.25, 0.3) is 0 Å². The van der Waals surface area contributed by atoms with E-state index in [1.807, 2.05) is 0 Å². The van der Waals surface area contributed by atoms with Gasteiger partial charge in [0.25, 0.3) is 5.91 Å². The lowest BCUT2D eigenvalue weighted by Crippen LogP contribution is -2.27. The molecule has 1 rings (SSSR count). The number of carbonyl (C=O) groups excluding carboxylic acids is 1. The normalized spacial score (nSPS) is 10.4. The van der Waals surface area contributed by atoms with Crippen LogP contribution in [0.1, 0.15) is 42.8 Å². The van der Waals surface area contributed by atoms with Crippen molar-refractivity contribution in [2.24, 2.45) is 0 Å². The summed E-state index contributed by atoms with van der Waals surface area (Å²) in [6.45, 7) is 5.78. The van der Waals surface area contributed by atoms with Gasteiger partial charge in [-0.25, -0.2) is 4.98 Å². The van der Waals surface area contributed by atoms with E-state index in [0.29, 0.717) is 10.7 Å². The summed E-state index contributed by atoms with van der Waals surface area (Å²) in [5, 5.41) is 3.87. The number of rotatable bonds is 7. The standard InChI is InChI=1S/C12H22N4OS/c1-4-6-8-16(3)11(17)9-10(13)15-12(18-9)14-7-5-2/h4-8,13H2,1-3H3,(H,14,15). The molecule has 1 aromatic rings. The molecular weight excluding hydrogens is 248 g/mol. The number of anilines is 2. The van der Waals surface area contributed by atoms with Crippen LogP contribution in [0, 0.1) is 0 Å². The van der Waals surface area contributed by atoms with Gasteiger partial charge in [0.15, 0.2) is 5.13 Å². The van der Waals surface area contributed by atoms with Crippen LogP contribution in [0.5, 0.6) is 0 Å². The molecule has 102 valence electrons. The SMILES string of the molecule is CCCCN(C)C(=O)c1sc(NCCC)nc1N. The van der Waals surface area contributed by atoms with Crippen LogP contribution in [0.3, 0.4) is 0 Å². The highest BCUT2D eigenvalue weighted by Crippen LogP contribution is 2.26. The van der Waals surface area contributed by atoms with Crippen molar-refractivity contribution in [2.75, 3.05) is 31.2 Å². The summed E-state index contributed by atoms with van der Waals surface area (Å²) in [7, 11) is 1.80. The zero-order chi connectivity index (χ0) is 13.5. The van der Waals surface area contributed by atoms with E-state index in [1.54, 1.807) is 11.9 Å². The first-order valence-corrected chi connectivity index (χ1v) is 7.17. The van der Waals surface area contributed by atoms with Gasteiger partial charge < -0.3 is 16.0 Å². The Morgan fingerprint density at radius 3 is 2.78 bits per heavy atom. The molecule has 6 heteroatoms. The highest BCUT2D eigenvalue weighted by atomic mass is 32.1. The maximum atomic E-state index is 12.1. The summed E-state index contributed by atoms with van der Waals surface area (Å²) in [4.78, 5) is 18.6. The molecule has 0 aromatic carbocycles. The van der Waals surface area contributed by atoms with Gasteiger partial charge in [0.05, 0.1) is 0 Å². The van der Waals surface area contributed by atoms with Crippen molar-refractivity contribution in [3.8, 4) is 0 Å². The molecule has 1 heterocycles. The molecule has 1 amide bonds. The molecule has 0 aliphatic rings. The monoisotopic (exact) mass is 270 g/mol. The van der Waals surface area contributed by atoms with E-state index >= 15 is 0 Å². The Morgan fingerprint density at radius 1 is 1.44 bits per heavy atom. The zero-order valence-corrected chi connectivity index (χ0v) is 12.1. The number of thiazole rings is 1. The Balaban J connectivity index is 2.69. The van der Waals surface area contributed by atoms with Crippen LogP contribution in [-0.4, -0.2) is 35.9 Å². The van der Waals surface area contributed by atoms with Gasteiger partial charge in [-0.2, -0.15) is 0 Å². The van der Waals surface area contributed by atoms with Gasteiger partial charge in [-0.3, -0.25) is 4.79 Å². The predicted molar refractivity (Wildman–Crippen MR) is 77.2 cm³/mol. The third-order valence-electron chi connectivity index (χ3n) is 2.57. The molecule has 18 heavy (non-hydrogen) atoms. The van der Waals surface area contributed by atoms with Crippen molar-refractivity contribution < 1.29 is 4.79 Å². The van der Waals surface area contributed by atoms with E-state index in [9.17, 15) is 4.79 Å². The molecule has 0 saturated carbocycles. The van der Waals surface area contributed by atoms with Gasteiger partial charge in [0, 0.05) is 20.1 Å². The van der Waals surface area contributed by atoms with E-state index in [4.69, 9.17) is 5.73 Å². The van der Waals surface area contributed by atoms with E-state index in [2.05, 4.69) is 24.1 Å². The minimum Gasteiger partial charge on any atom is -0.382 e. The van der Waals surface area contributed by atoms with Crippen LogP contribution >= 0.6 is 11.3 Å². The van der Waals surface area contributed by atoms with E-state index in [1.165, 1.54) is 11.3 Å². The van der Waals surface area contributed by atoms with Crippen LogP contribution in [-0.2, 0) is 0 Å². The van der Waals surface area contributed by atoms with Crippen molar-refractivity contribution in [3.05, 3.63) is 4.88 Å². The first-order valence-electron chi connectivity index (χ1n) is 6.35. The molecule has 0 unspecified atom stereocenters. The van der Waals surface area contributed by atoms with Crippen molar-refractivity contribution in [1.82, 2.24) is 9.88 Å². The molecule has 0 bridgehead atoms. The number of hydrogen-bond acceptors (Lipinski definition) is 5. The Hall–Kier alpha value is -1.30. The Labute approximate surface area is 112 Å². The molecule has 0 aliphatic heterocycles. The van der Waals surface area contributed by atoms with Gasteiger partial charge in [0.2, 0.25) is 0 Å². The lowest BCUT2D eigenvalue weighted by molar-refractivity contribution is 0.0799. The zero-order valence-electron chi connectivity index (χ0n) is 11.3. The van der Waals surface area contributed by atoms with E-state index < -0.39 is 0 Å². The fraction of sp³-hybridized carbons (Fsp3) is 0.667. The highest BCUT2D eigenvalue weighted by molar-refractivity contribution is 7.18. The molecule has 3 N–H and O–H groups in total. The second kappa shape index (κ2) is 7.20. The fourth-order valence-corrected chi connectivity index (χ4v) is 2.37. The summed E-state index contributed by atoms with van der Waals surface area (Å²) >= 11 is 1.33. The maximum Gasteiger partial charge on any atom is 0.267 e. The second-order valence-corrected chi connectivity index (χ2v) is 5.24. The number of nitrogens with one attached hydrogen (secondary N) is 1. The van der Waals surface area contributed by atoms with Crippen molar-refractivity contribution in [3.63, 3.8) is 0 Å². The first kappa shape index (κ1) is 14.8. The number of amides is 1. The number of nitrogens with zero attached hydrogens (tertiary/aromatic N) is 2. The van der Waals surface area contributed by atoms with Gasteiger partial charge in [-0.15, -0.1) is 0 Å². The molecule has 0 saturated heterocycles.